The predicted molar refractivity (Wildman–Crippen MR) is 80.6 cm³/mol. The SMILES string of the molecule is COc1ccc(OCc2nc(C(=O)N3C[C@@H](O)[C@H](F)C3)co2)c(F)c1. The minimum absolute atomic E-state index is 0.0187. The minimum Gasteiger partial charge on any atom is -0.497 e. The lowest BCUT2D eigenvalue weighted by molar-refractivity contribution is 0.0758. The largest absolute Gasteiger partial charge is 0.497 e. The summed E-state index contributed by atoms with van der Waals surface area (Å²) in [5, 5.41) is 9.37. The van der Waals surface area contributed by atoms with Gasteiger partial charge in [-0.15, -0.1) is 0 Å². The third kappa shape index (κ3) is 3.71. The fourth-order valence-electron chi connectivity index (χ4n) is 2.42. The van der Waals surface area contributed by atoms with Gasteiger partial charge in [-0.1, -0.05) is 0 Å². The van der Waals surface area contributed by atoms with Gasteiger partial charge in [0.25, 0.3) is 5.91 Å². The first-order valence-electron chi connectivity index (χ1n) is 7.50. The molecule has 1 aromatic heterocycles. The van der Waals surface area contributed by atoms with Crippen molar-refractivity contribution in [1.82, 2.24) is 9.88 Å². The molecule has 0 unspecified atom stereocenters. The van der Waals surface area contributed by atoms with Crippen molar-refractivity contribution in [2.24, 2.45) is 0 Å². The smallest absolute Gasteiger partial charge is 0.276 e. The molecule has 134 valence electrons. The van der Waals surface area contributed by atoms with Gasteiger partial charge >= 0.3 is 0 Å². The van der Waals surface area contributed by atoms with E-state index < -0.39 is 24.0 Å². The molecule has 1 amide bonds. The summed E-state index contributed by atoms with van der Waals surface area (Å²) in [7, 11) is 1.42. The van der Waals surface area contributed by atoms with Gasteiger partial charge in [-0.25, -0.2) is 13.8 Å². The first kappa shape index (κ1) is 17.2. The Kier molecular flexibility index (Phi) is 4.84. The number of aromatic nitrogens is 1. The van der Waals surface area contributed by atoms with E-state index >= 15 is 0 Å². The highest BCUT2D eigenvalue weighted by atomic mass is 19.1. The molecule has 2 atom stereocenters. The molecule has 1 aliphatic heterocycles. The zero-order chi connectivity index (χ0) is 18.0. The second-order valence-corrected chi connectivity index (χ2v) is 5.50. The van der Waals surface area contributed by atoms with E-state index in [2.05, 4.69) is 4.98 Å². The predicted octanol–water partition coefficient (Wildman–Crippen LogP) is 1.56. The Labute approximate surface area is 141 Å². The highest BCUT2D eigenvalue weighted by Crippen LogP contribution is 2.23. The van der Waals surface area contributed by atoms with Crippen molar-refractivity contribution in [2.75, 3.05) is 20.2 Å². The summed E-state index contributed by atoms with van der Waals surface area (Å²) in [6.07, 6.45) is -1.56. The van der Waals surface area contributed by atoms with Crippen LogP contribution in [-0.2, 0) is 6.61 Å². The van der Waals surface area contributed by atoms with Gasteiger partial charge in [-0.05, 0) is 12.1 Å². The van der Waals surface area contributed by atoms with Crippen LogP contribution in [0.1, 0.15) is 16.4 Å². The Hall–Kier alpha value is -2.68. The van der Waals surface area contributed by atoms with Crippen molar-refractivity contribution in [3.8, 4) is 11.5 Å². The molecule has 2 aromatic rings. The molecule has 3 rings (SSSR count). The molecular weight excluding hydrogens is 338 g/mol. The molecule has 0 radical (unpaired) electrons. The van der Waals surface area contributed by atoms with Crippen molar-refractivity contribution < 1.29 is 32.6 Å². The van der Waals surface area contributed by atoms with Gasteiger partial charge in [0.05, 0.1) is 20.2 Å². The van der Waals surface area contributed by atoms with Crippen LogP contribution < -0.4 is 9.47 Å². The van der Waals surface area contributed by atoms with Crippen LogP contribution in [0, 0.1) is 5.82 Å². The van der Waals surface area contributed by atoms with Crippen molar-refractivity contribution in [2.45, 2.75) is 18.9 Å². The van der Waals surface area contributed by atoms with Crippen LogP contribution in [0.4, 0.5) is 8.78 Å². The number of nitrogens with zero attached hydrogens (tertiary/aromatic N) is 2. The second kappa shape index (κ2) is 7.06. The van der Waals surface area contributed by atoms with Crippen LogP contribution in [0.2, 0.25) is 0 Å². The van der Waals surface area contributed by atoms with E-state index in [0.29, 0.717) is 5.75 Å². The molecule has 1 saturated heterocycles. The summed E-state index contributed by atoms with van der Waals surface area (Å²) in [6.45, 7) is -0.490. The number of aliphatic hydroxyl groups is 1. The number of oxazole rings is 1. The van der Waals surface area contributed by atoms with Crippen molar-refractivity contribution in [3.63, 3.8) is 0 Å². The third-order valence-corrected chi connectivity index (χ3v) is 3.77. The van der Waals surface area contributed by atoms with Crippen molar-refractivity contribution in [3.05, 3.63) is 41.9 Å². The molecule has 1 aromatic carbocycles. The average Bonchev–Trinajstić information content (AvgIpc) is 3.20. The molecule has 0 bridgehead atoms. The van der Waals surface area contributed by atoms with Gasteiger partial charge < -0.3 is 23.9 Å². The maximum Gasteiger partial charge on any atom is 0.276 e. The van der Waals surface area contributed by atoms with Crippen molar-refractivity contribution >= 4 is 5.91 Å². The van der Waals surface area contributed by atoms with E-state index in [1.54, 1.807) is 0 Å². The van der Waals surface area contributed by atoms with Crippen LogP contribution in [0.15, 0.2) is 28.9 Å². The summed E-state index contributed by atoms with van der Waals surface area (Å²) >= 11 is 0. The molecule has 1 fully saturated rings. The quantitative estimate of drug-likeness (QED) is 0.877. The number of hydrogen-bond donors (Lipinski definition) is 1. The highest BCUT2D eigenvalue weighted by molar-refractivity contribution is 5.92. The van der Waals surface area contributed by atoms with Gasteiger partial charge in [0.15, 0.2) is 23.9 Å². The number of β-amino-alcohol motifs (C(OH)–C–C–N with tert-alkyl or cyclic N) is 1. The maximum atomic E-state index is 13.8. The zero-order valence-corrected chi connectivity index (χ0v) is 13.3. The highest BCUT2D eigenvalue weighted by Gasteiger charge is 2.35. The van der Waals surface area contributed by atoms with Crippen LogP contribution in [0.3, 0.4) is 0 Å². The number of hydrogen-bond acceptors (Lipinski definition) is 6. The number of methoxy groups -OCH3 is 1. The zero-order valence-electron chi connectivity index (χ0n) is 13.3. The lowest BCUT2D eigenvalue weighted by Gasteiger charge is -2.12. The first-order chi connectivity index (χ1) is 12.0. The molecule has 1 N–H and O–H groups in total. The fraction of sp³-hybridized carbons (Fsp3) is 0.375. The van der Waals surface area contributed by atoms with Gasteiger partial charge in [0.2, 0.25) is 5.89 Å². The first-order valence-corrected chi connectivity index (χ1v) is 7.50. The Morgan fingerprint density at radius 2 is 2.28 bits per heavy atom. The lowest BCUT2D eigenvalue weighted by atomic mass is 10.3. The van der Waals surface area contributed by atoms with Gasteiger partial charge in [0.1, 0.15) is 24.3 Å². The fourth-order valence-corrected chi connectivity index (χ4v) is 2.42. The lowest BCUT2D eigenvalue weighted by Crippen LogP contribution is -2.29. The molecule has 2 heterocycles. The van der Waals surface area contributed by atoms with Gasteiger partial charge in [-0.3, -0.25) is 4.79 Å². The normalized spacial score (nSPS) is 19.9. The number of alkyl halides is 1. The molecule has 1 aliphatic rings. The number of ether oxygens (including phenoxy) is 2. The van der Waals surface area contributed by atoms with E-state index in [1.165, 1.54) is 25.3 Å². The molecule has 9 heteroatoms. The summed E-state index contributed by atoms with van der Waals surface area (Å²) in [6, 6.07) is 4.11. The molecule has 0 spiro atoms. The van der Waals surface area contributed by atoms with E-state index in [9.17, 15) is 18.7 Å². The van der Waals surface area contributed by atoms with Crippen LogP contribution >= 0.6 is 0 Å². The summed E-state index contributed by atoms with van der Waals surface area (Å²) in [5.74, 6) is -0.759. The molecule has 0 aliphatic carbocycles. The Bertz CT molecular complexity index is 757. The maximum absolute atomic E-state index is 13.8. The average molecular weight is 354 g/mol. The number of halogens is 2. The molecular formula is C16H16F2N2O5. The van der Waals surface area contributed by atoms with Gasteiger partial charge in [0, 0.05) is 6.07 Å². The van der Waals surface area contributed by atoms with E-state index in [4.69, 9.17) is 13.9 Å². The Morgan fingerprint density at radius 3 is 2.92 bits per heavy atom. The van der Waals surface area contributed by atoms with E-state index in [1.807, 2.05) is 0 Å². The number of carbonyl (C=O) groups excluding carboxylic acids is 1. The summed E-state index contributed by atoms with van der Waals surface area (Å²) in [5.41, 5.74) is -0.0323. The van der Waals surface area contributed by atoms with Gasteiger partial charge in [-0.2, -0.15) is 0 Å². The number of benzene rings is 1. The van der Waals surface area contributed by atoms with E-state index in [0.717, 1.165) is 11.2 Å². The number of amides is 1. The second-order valence-electron chi connectivity index (χ2n) is 5.50. The van der Waals surface area contributed by atoms with Crippen LogP contribution in [-0.4, -0.2) is 53.4 Å². The molecule has 7 nitrogen and oxygen atoms in total. The Morgan fingerprint density at radius 1 is 1.48 bits per heavy atom. The standard InChI is InChI=1S/C16H16F2N2O5/c1-23-9-2-3-14(10(17)4-9)24-8-15-19-12(7-25-15)16(22)20-5-11(18)13(21)6-20/h2-4,7,11,13,21H,5-6,8H2,1H3/t11-,13-/m1/s1. The minimum atomic E-state index is -1.48. The monoisotopic (exact) mass is 354 g/mol. The summed E-state index contributed by atoms with van der Waals surface area (Å²) < 4.78 is 42.3. The topological polar surface area (TPSA) is 85.0 Å². The van der Waals surface area contributed by atoms with Crippen LogP contribution in [0.25, 0.3) is 0 Å². The molecule has 25 heavy (non-hydrogen) atoms. The number of carbonyl (C=O) groups is 1. The summed E-state index contributed by atoms with van der Waals surface area (Å²) in [4.78, 5) is 17.3. The van der Waals surface area contributed by atoms with Crippen LogP contribution in [0.5, 0.6) is 11.5 Å². The number of rotatable bonds is 5. The third-order valence-electron chi connectivity index (χ3n) is 3.77. The molecule has 0 saturated carbocycles. The van der Waals surface area contributed by atoms with E-state index in [-0.39, 0.29) is 37.0 Å². The number of likely N-dealkylation sites (tertiary alicyclic amines) is 1. The number of aliphatic hydroxyl groups excluding tert-OH is 1. The van der Waals surface area contributed by atoms with Crippen molar-refractivity contribution in [1.29, 1.82) is 0 Å². The Balaban J connectivity index is 1.61.